The van der Waals surface area contributed by atoms with Gasteiger partial charge in [0.25, 0.3) is 5.91 Å². The maximum absolute atomic E-state index is 11.9. The van der Waals surface area contributed by atoms with E-state index in [0.29, 0.717) is 16.5 Å². The number of rotatable bonds is 4. The van der Waals surface area contributed by atoms with Crippen molar-refractivity contribution < 1.29 is 23.8 Å². The molecule has 2 aromatic rings. The van der Waals surface area contributed by atoms with Crippen molar-refractivity contribution in [2.45, 2.75) is 0 Å². The second-order valence-electron chi connectivity index (χ2n) is 3.77. The van der Waals surface area contributed by atoms with E-state index in [2.05, 4.69) is 5.32 Å². The molecule has 1 amide bonds. The van der Waals surface area contributed by atoms with Gasteiger partial charge in [-0.25, -0.2) is 4.79 Å². The van der Waals surface area contributed by atoms with E-state index in [0.717, 1.165) is 0 Å². The number of methoxy groups -OCH3 is 1. The van der Waals surface area contributed by atoms with Crippen LogP contribution in [-0.2, 0) is 0 Å². The zero-order chi connectivity index (χ0) is 14.7. The highest BCUT2D eigenvalue weighted by molar-refractivity contribution is 6.32. The molecule has 1 aromatic carbocycles. The average molecular weight is 296 g/mol. The smallest absolute Gasteiger partial charge is 0.371 e. The predicted octanol–water partition coefficient (Wildman–Crippen LogP) is 2.89. The Morgan fingerprint density at radius 1 is 1.25 bits per heavy atom. The number of ether oxygens (including phenoxy) is 1. The number of nitrogens with one attached hydrogen (secondary N) is 1. The summed E-state index contributed by atoms with van der Waals surface area (Å²) >= 11 is 5.87. The van der Waals surface area contributed by atoms with Gasteiger partial charge in [0, 0.05) is 11.8 Å². The van der Waals surface area contributed by atoms with Crippen LogP contribution in [0.1, 0.15) is 21.1 Å². The van der Waals surface area contributed by atoms with E-state index in [1.165, 1.54) is 19.2 Å². The lowest BCUT2D eigenvalue weighted by atomic mass is 10.3. The second kappa shape index (κ2) is 5.66. The predicted molar refractivity (Wildman–Crippen MR) is 71.6 cm³/mol. The fraction of sp³-hybridized carbons (Fsp3) is 0.0769. The van der Waals surface area contributed by atoms with E-state index in [1.54, 1.807) is 18.2 Å². The average Bonchev–Trinajstić information content (AvgIpc) is 2.91. The van der Waals surface area contributed by atoms with Crippen LogP contribution in [0.25, 0.3) is 0 Å². The summed E-state index contributed by atoms with van der Waals surface area (Å²) in [5.41, 5.74) is 0.449. The minimum Gasteiger partial charge on any atom is -0.495 e. The van der Waals surface area contributed by atoms with Gasteiger partial charge in [0.2, 0.25) is 5.76 Å². The van der Waals surface area contributed by atoms with Gasteiger partial charge >= 0.3 is 5.97 Å². The molecule has 0 spiro atoms. The molecule has 1 aromatic heterocycles. The minimum absolute atomic E-state index is 0.101. The Morgan fingerprint density at radius 2 is 1.95 bits per heavy atom. The topological polar surface area (TPSA) is 88.8 Å². The van der Waals surface area contributed by atoms with Gasteiger partial charge in [0.1, 0.15) is 5.75 Å². The normalized spacial score (nSPS) is 10.1. The van der Waals surface area contributed by atoms with Crippen LogP contribution < -0.4 is 10.1 Å². The molecule has 1 heterocycles. The quantitative estimate of drug-likeness (QED) is 0.905. The van der Waals surface area contributed by atoms with E-state index < -0.39 is 11.9 Å². The summed E-state index contributed by atoms with van der Waals surface area (Å²) in [6.07, 6.45) is 0. The van der Waals surface area contributed by atoms with Gasteiger partial charge in [-0.15, -0.1) is 0 Å². The summed E-state index contributed by atoms with van der Waals surface area (Å²) in [6, 6.07) is 7.19. The Morgan fingerprint density at radius 3 is 2.55 bits per heavy atom. The number of carboxylic acid groups (broad SMARTS) is 1. The second-order valence-corrected chi connectivity index (χ2v) is 4.18. The molecule has 7 heteroatoms. The molecule has 0 saturated heterocycles. The molecule has 0 fully saturated rings. The summed E-state index contributed by atoms with van der Waals surface area (Å²) in [5.74, 6) is -1.80. The number of anilines is 1. The van der Waals surface area contributed by atoms with Crippen LogP contribution in [0.15, 0.2) is 34.7 Å². The SMILES string of the molecule is COc1cc(NC(=O)c2ccc(C(=O)O)o2)ccc1Cl. The van der Waals surface area contributed by atoms with Gasteiger partial charge in [-0.3, -0.25) is 4.79 Å². The monoisotopic (exact) mass is 295 g/mol. The molecular formula is C13H10ClNO5. The Hall–Kier alpha value is -2.47. The summed E-state index contributed by atoms with van der Waals surface area (Å²) in [4.78, 5) is 22.5. The van der Waals surface area contributed by atoms with Crippen LogP contribution in [0.2, 0.25) is 5.02 Å². The number of benzene rings is 1. The highest BCUT2D eigenvalue weighted by Crippen LogP contribution is 2.27. The Balaban J connectivity index is 2.16. The number of carbonyl (C=O) groups excluding carboxylic acids is 1. The summed E-state index contributed by atoms with van der Waals surface area (Å²) in [7, 11) is 1.46. The van der Waals surface area contributed by atoms with Crippen molar-refractivity contribution >= 4 is 29.2 Å². The van der Waals surface area contributed by atoms with Gasteiger partial charge in [-0.1, -0.05) is 11.6 Å². The third kappa shape index (κ3) is 2.92. The number of aromatic carboxylic acids is 1. The highest BCUT2D eigenvalue weighted by Gasteiger charge is 2.15. The summed E-state index contributed by atoms with van der Waals surface area (Å²) in [5, 5.41) is 11.7. The Labute approximate surface area is 118 Å². The molecular weight excluding hydrogens is 286 g/mol. The van der Waals surface area contributed by atoms with E-state index in [1.807, 2.05) is 0 Å². The molecule has 2 rings (SSSR count). The minimum atomic E-state index is -1.24. The number of hydrogen-bond donors (Lipinski definition) is 2. The van der Waals surface area contributed by atoms with Crippen molar-refractivity contribution in [3.8, 4) is 5.75 Å². The molecule has 104 valence electrons. The van der Waals surface area contributed by atoms with Crippen LogP contribution in [0.5, 0.6) is 5.75 Å². The molecule has 0 radical (unpaired) electrons. The first-order valence-electron chi connectivity index (χ1n) is 5.49. The number of halogens is 1. The van der Waals surface area contributed by atoms with Gasteiger partial charge in [-0.2, -0.15) is 0 Å². The lowest BCUT2D eigenvalue weighted by molar-refractivity contribution is 0.0660. The van der Waals surface area contributed by atoms with Crippen molar-refractivity contribution in [1.82, 2.24) is 0 Å². The Kier molecular flexibility index (Phi) is 3.95. The molecule has 0 unspecified atom stereocenters. The zero-order valence-corrected chi connectivity index (χ0v) is 11.1. The van der Waals surface area contributed by atoms with Crippen molar-refractivity contribution in [3.05, 3.63) is 46.9 Å². The van der Waals surface area contributed by atoms with Crippen molar-refractivity contribution in [2.24, 2.45) is 0 Å². The first-order valence-corrected chi connectivity index (χ1v) is 5.87. The molecule has 0 aliphatic carbocycles. The van der Waals surface area contributed by atoms with Gasteiger partial charge in [0.15, 0.2) is 5.76 Å². The summed E-state index contributed by atoms with van der Waals surface area (Å²) in [6.45, 7) is 0. The molecule has 0 atom stereocenters. The number of furan rings is 1. The largest absolute Gasteiger partial charge is 0.495 e. The fourth-order valence-corrected chi connectivity index (χ4v) is 1.70. The number of hydrogen-bond acceptors (Lipinski definition) is 4. The van der Waals surface area contributed by atoms with Crippen molar-refractivity contribution in [1.29, 1.82) is 0 Å². The molecule has 0 saturated carbocycles. The van der Waals surface area contributed by atoms with Crippen LogP contribution in [0, 0.1) is 0 Å². The van der Waals surface area contributed by atoms with Gasteiger partial charge < -0.3 is 19.6 Å². The molecule has 0 aliphatic heterocycles. The molecule has 6 nitrogen and oxygen atoms in total. The maximum atomic E-state index is 11.9. The number of carbonyl (C=O) groups is 2. The van der Waals surface area contributed by atoms with E-state index >= 15 is 0 Å². The maximum Gasteiger partial charge on any atom is 0.371 e. The zero-order valence-electron chi connectivity index (χ0n) is 10.3. The third-order valence-corrected chi connectivity index (χ3v) is 2.76. The van der Waals surface area contributed by atoms with Crippen molar-refractivity contribution in [3.63, 3.8) is 0 Å². The van der Waals surface area contributed by atoms with Crippen molar-refractivity contribution in [2.75, 3.05) is 12.4 Å². The summed E-state index contributed by atoms with van der Waals surface area (Å²) < 4.78 is 9.91. The molecule has 2 N–H and O–H groups in total. The van der Waals surface area contributed by atoms with E-state index in [9.17, 15) is 9.59 Å². The Bertz CT molecular complexity index is 665. The standard InChI is InChI=1S/C13H10ClNO5/c1-19-11-6-7(2-3-8(11)14)15-12(16)9-4-5-10(20-9)13(17)18/h2-6H,1H3,(H,15,16)(H,17,18). The first-order chi connectivity index (χ1) is 9.51. The van der Waals surface area contributed by atoms with Crippen LogP contribution >= 0.6 is 11.6 Å². The molecule has 20 heavy (non-hydrogen) atoms. The fourth-order valence-electron chi connectivity index (χ4n) is 1.51. The third-order valence-electron chi connectivity index (χ3n) is 2.45. The highest BCUT2D eigenvalue weighted by atomic mass is 35.5. The number of carboxylic acids is 1. The first kappa shape index (κ1) is 14.0. The van der Waals surface area contributed by atoms with Crippen LogP contribution in [0.3, 0.4) is 0 Å². The molecule has 0 bridgehead atoms. The van der Waals surface area contributed by atoms with Crippen LogP contribution in [0.4, 0.5) is 5.69 Å². The lowest BCUT2D eigenvalue weighted by Gasteiger charge is -2.07. The number of amides is 1. The van der Waals surface area contributed by atoms with E-state index in [4.69, 9.17) is 25.9 Å². The van der Waals surface area contributed by atoms with Gasteiger partial charge in [-0.05, 0) is 24.3 Å². The van der Waals surface area contributed by atoms with Crippen LogP contribution in [-0.4, -0.2) is 24.1 Å². The lowest BCUT2D eigenvalue weighted by Crippen LogP contribution is -2.11. The molecule has 0 aliphatic rings. The van der Waals surface area contributed by atoms with E-state index in [-0.39, 0.29) is 11.5 Å². The van der Waals surface area contributed by atoms with Gasteiger partial charge in [0.05, 0.1) is 12.1 Å².